The van der Waals surface area contributed by atoms with Crippen LogP contribution in [0.1, 0.15) is 16.8 Å². The molecule has 8 nitrogen and oxygen atoms in total. The van der Waals surface area contributed by atoms with Gasteiger partial charge in [0.1, 0.15) is 0 Å². The number of nitrogens with zero attached hydrogens (tertiary/aromatic N) is 1. The van der Waals surface area contributed by atoms with Crippen molar-refractivity contribution in [2.45, 2.75) is 12.5 Å². The molecular formula is C15H24ClN3O5S. The summed E-state index contributed by atoms with van der Waals surface area (Å²) in [4.78, 5) is 14.4. The van der Waals surface area contributed by atoms with Gasteiger partial charge in [-0.3, -0.25) is 9.52 Å². The molecule has 1 aromatic carbocycles. The van der Waals surface area contributed by atoms with Crippen LogP contribution in [0.15, 0.2) is 12.1 Å². The second-order valence-electron chi connectivity index (χ2n) is 5.70. The van der Waals surface area contributed by atoms with Crippen molar-refractivity contribution >= 4 is 34.0 Å². The van der Waals surface area contributed by atoms with Gasteiger partial charge in [-0.1, -0.05) is 0 Å². The Labute approximate surface area is 154 Å². The number of methoxy groups -OCH3 is 2. The van der Waals surface area contributed by atoms with Gasteiger partial charge in [-0.15, -0.1) is 12.4 Å². The monoisotopic (exact) mass is 393 g/mol. The maximum atomic E-state index is 12.7. The average molecular weight is 394 g/mol. The van der Waals surface area contributed by atoms with E-state index >= 15 is 0 Å². The van der Waals surface area contributed by atoms with E-state index in [0.717, 1.165) is 25.8 Å². The van der Waals surface area contributed by atoms with Gasteiger partial charge < -0.3 is 19.7 Å². The Bertz CT molecular complexity index is 720. The van der Waals surface area contributed by atoms with Crippen molar-refractivity contribution in [2.24, 2.45) is 0 Å². The summed E-state index contributed by atoms with van der Waals surface area (Å²) in [6, 6.07) is 3.12. The van der Waals surface area contributed by atoms with Gasteiger partial charge in [-0.25, -0.2) is 8.42 Å². The Kier molecular flexibility index (Phi) is 7.33. The van der Waals surface area contributed by atoms with Gasteiger partial charge in [0, 0.05) is 25.2 Å². The Balaban J connectivity index is 0.00000312. The molecule has 1 saturated heterocycles. The standard InChI is InChI=1S/C15H23N3O5S.ClH/c1-18(11-5-6-16-9-11)15(19)10-7-12(17-24(4,20)21)14(23-3)13(8-10)22-2;/h7-8,11,16-17H,5-6,9H2,1-4H3;1H. The van der Waals surface area contributed by atoms with Crippen LogP contribution in [0, 0.1) is 0 Å². The number of ether oxygens (including phenoxy) is 2. The lowest BCUT2D eigenvalue weighted by Gasteiger charge is -2.24. The molecule has 0 bridgehead atoms. The normalized spacial score (nSPS) is 16.7. The van der Waals surface area contributed by atoms with Crippen molar-refractivity contribution < 1.29 is 22.7 Å². The number of carbonyl (C=O) groups excluding carboxylic acids is 1. The molecule has 1 aromatic rings. The lowest BCUT2D eigenvalue weighted by Crippen LogP contribution is -2.38. The van der Waals surface area contributed by atoms with Crippen LogP contribution in [0.3, 0.4) is 0 Å². The van der Waals surface area contributed by atoms with E-state index in [-0.39, 0.29) is 41.5 Å². The van der Waals surface area contributed by atoms with Crippen molar-refractivity contribution in [1.29, 1.82) is 0 Å². The van der Waals surface area contributed by atoms with E-state index in [1.54, 1.807) is 18.0 Å². The van der Waals surface area contributed by atoms with Crippen molar-refractivity contribution in [1.82, 2.24) is 10.2 Å². The minimum absolute atomic E-state index is 0. The molecule has 0 radical (unpaired) electrons. The molecule has 0 saturated carbocycles. The number of anilines is 1. The summed E-state index contributed by atoms with van der Waals surface area (Å²) >= 11 is 0. The second-order valence-corrected chi connectivity index (χ2v) is 7.44. The fourth-order valence-corrected chi connectivity index (χ4v) is 3.25. The van der Waals surface area contributed by atoms with Gasteiger partial charge >= 0.3 is 0 Å². The maximum absolute atomic E-state index is 12.7. The van der Waals surface area contributed by atoms with Gasteiger partial charge in [0.25, 0.3) is 5.91 Å². The molecule has 1 aliphatic heterocycles. The Morgan fingerprint density at radius 2 is 2.00 bits per heavy atom. The lowest BCUT2D eigenvalue weighted by atomic mass is 10.1. The first-order valence-corrected chi connectivity index (χ1v) is 9.37. The number of sulfonamides is 1. The highest BCUT2D eigenvalue weighted by atomic mass is 35.5. The quantitative estimate of drug-likeness (QED) is 0.746. The zero-order chi connectivity index (χ0) is 17.9. The smallest absolute Gasteiger partial charge is 0.254 e. The van der Waals surface area contributed by atoms with Crippen LogP contribution in [0.2, 0.25) is 0 Å². The van der Waals surface area contributed by atoms with Gasteiger partial charge in [-0.05, 0) is 25.1 Å². The van der Waals surface area contributed by atoms with Crippen molar-refractivity contribution in [3.63, 3.8) is 0 Å². The van der Waals surface area contributed by atoms with Crippen molar-refractivity contribution in [3.05, 3.63) is 17.7 Å². The number of nitrogens with one attached hydrogen (secondary N) is 2. The SMILES string of the molecule is COc1cc(C(=O)N(C)C2CCNC2)cc(NS(C)(=O)=O)c1OC.Cl. The highest BCUT2D eigenvalue weighted by Gasteiger charge is 2.26. The number of hydrogen-bond donors (Lipinski definition) is 2. The van der Waals surface area contributed by atoms with Gasteiger partial charge in [0.05, 0.1) is 26.2 Å². The summed E-state index contributed by atoms with van der Waals surface area (Å²) in [5.74, 6) is 0.304. The minimum Gasteiger partial charge on any atom is -0.493 e. The number of benzene rings is 1. The molecule has 1 aliphatic rings. The average Bonchev–Trinajstić information content (AvgIpc) is 3.05. The number of likely N-dealkylation sites (N-methyl/N-ethyl adjacent to an activating group) is 1. The van der Waals surface area contributed by atoms with E-state index in [0.29, 0.717) is 5.56 Å². The third-order valence-electron chi connectivity index (χ3n) is 3.92. The molecule has 1 heterocycles. The number of carbonyl (C=O) groups is 1. The van der Waals surface area contributed by atoms with Gasteiger partial charge in [0.2, 0.25) is 10.0 Å². The number of amides is 1. The minimum atomic E-state index is -3.53. The first-order valence-electron chi connectivity index (χ1n) is 7.48. The molecule has 10 heteroatoms. The van der Waals surface area contributed by atoms with Crippen LogP contribution in [0.25, 0.3) is 0 Å². The van der Waals surface area contributed by atoms with E-state index in [4.69, 9.17) is 9.47 Å². The summed E-state index contributed by atoms with van der Waals surface area (Å²) in [6.07, 6.45) is 1.91. The van der Waals surface area contributed by atoms with Gasteiger partial charge in [-0.2, -0.15) is 0 Å². The van der Waals surface area contributed by atoms with Crippen LogP contribution in [-0.2, 0) is 10.0 Å². The summed E-state index contributed by atoms with van der Waals surface area (Å²) < 4.78 is 36.0. The van der Waals surface area contributed by atoms with Crippen LogP contribution in [-0.4, -0.2) is 65.9 Å². The molecule has 0 spiro atoms. The van der Waals surface area contributed by atoms with E-state index in [1.807, 2.05) is 0 Å². The zero-order valence-corrected chi connectivity index (χ0v) is 16.3. The topological polar surface area (TPSA) is 97.0 Å². The molecule has 25 heavy (non-hydrogen) atoms. The summed E-state index contributed by atoms with van der Waals surface area (Å²) in [6.45, 7) is 1.61. The fraction of sp³-hybridized carbons (Fsp3) is 0.533. The highest BCUT2D eigenvalue weighted by molar-refractivity contribution is 7.92. The van der Waals surface area contributed by atoms with E-state index in [1.165, 1.54) is 20.3 Å². The van der Waals surface area contributed by atoms with Crippen LogP contribution < -0.4 is 19.5 Å². The molecule has 2 rings (SSSR count). The predicted octanol–water partition coefficient (Wildman–Crippen LogP) is 0.931. The third kappa shape index (κ3) is 5.13. The molecule has 0 aliphatic carbocycles. The van der Waals surface area contributed by atoms with E-state index in [2.05, 4.69) is 10.0 Å². The molecule has 1 amide bonds. The van der Waals surface area contributed by atoms with E-state index in [9.17, 15) is 13.2 Å². The highest BCUT2D eigenvalue weighted by Crippen LogP contribution is 2.37. The molecular weight excluding hydrogens is 370 g/mol. The van der Waals surface area contributed by atoms with Crippen LogP contribution in [0.4, 0.5) is 5.69 Å². The molecule has 0 aromatic heterocycles. The number of halogens is 1. The fourth-order valence-electron chi connectivity index (χ4n) is 2.70. The third-order valence-corrected chi connectivity index (χ3v) is 4.51. The summed E-state index contributed by atoms with van der Waals surface area (Å²) in [5.41, 5.74) is 0.494. The lowest BCUT2D eigenvalue weighted by molar-refractivity contribution is 0.0743. The van der Waals surface area contributed by atoms with E-state index < -0.39 is 10.0 Å². The molecule has 1 fully saturated rings. The number of rotatable bonds is 6. The Morgan fingerprint density at radius 1 is 1.32 bits per heavy atom. The number of hydrogen-bond acceptors (Lipinski definition) is 6. The molecule has 2 N–H and O–H groups in total. The molecule has 1 atom stereocenters. The largest absolute Gasteiger partial charge is 0.493 e. The Morgan fingerprint density at radius 3 is 2.48 bits per heavy atom. The first kappa shape index (κ1) is 21.3. The first-order chi connectivity index (χ1) is 11.3. The summed E-state index contributed by atoms with van der Waals surface area (Å²) in [7, 11) is 1.04. The van der Waals surface area contributed by atoms with Crippen LogP contribution in [0.5, 0.6) is 11.5 Å². The zero-order valence-electron chi connectivity index (χ0n) is 14.7. The van der Waals surface area contributed by atoms with Crippen LogP contribution >= 0.6 is 12.4 Å². The van der Waals surface area contributed by atoms with Crippen molar-refractivity contribution in [2.75, 3.05) is 45.3 Å². The van der Waals surface area contributed by atoms with Gasteiger partial charge in [0.15, 0.2) is 11.5 Å². The molecule has 142 valence electrons. The summed E-state index contributed by atoms with van der Waals surface area (Å²) in [5, 5.41) is 3.21. The Hall–Kier alpha value is -1.71. The second kappa shape index (κ2) is 8.59. The molecule has 1 unspecified atom stereocenters. The van der Waals surface area contributed by atoms with Crippen molar-refractivity contribution in [3.8, 4) is 11.5 Å². The maximum Gasteiger partial charge on any atom is 0.254 e. The predicted molar refractivity (Wildman–Crippen MR) is 98.6 cm³/mol.